The third-order valence-electron chi connectivity index (χ3n) is 2.40. The number of benzene rings is 1. The molecule has 0 fully saturated rings. The summed E-state index contributed by atoms with van der Waals surface area (Å²) in [5, 5.41) is 3.43. The molecule has 0 radical (unpaired) electrons. The smallest absolute Gasteiger partial charge is 0.262 e. The van der Waals surface area contributed by atoms with Crippen molar-refractivity contribution in [1.29, 1.82) is 0 Å². The molecule has 1 aliphatic rings. The standard InChI is InChI=1S/C13H15NO2S/c1-2-15-11-7-4-3-6-10(11)12-8-5-9-14-13(17)16-12/h3-4,6-8H,2,5,9H2,1H3,(H,14,17). The van der Waals surface area contributed by atoms with Crippen LogP contribution in [0.4, 0.5) is 0 Å². The van der Waals surface area contributed by atoms with E-state index in [1.54, 1.807) is 0 Å². The number of para-hydroxylation sites is 1. The molecular formula is C13H15NO2S. The van der Waals surface area contributed by atoms with E-state index in [2.05, 4.69) is 5.32 Å². The fourth-order valence-electron chi connectivity index (χ4n) is 1.67. The van der Waals surface area contributed by atoms with Gasteiger partial charge in [-0.2, -0.15) is 0 Å². The number of thiocarbonyl (C=S) groups is 1. The van der Waals surface area contributed by atoms with E-state index in [9.17, 15) is 0 Å². The van der Waals surface area contributed by atoms with Gasteiger partial charge in [-0.3, -0.25) is 0 Å². The van der Waals surface area contributed by atoms with E-state index in [1.165, 1.54) is 0 Å². The van der Waals surface area contributed by atoms with Gasteiger partial charge in [0, 0.05) is 6.54 Å². The molecule has 90 valence electrons. The van der Waals surface area contributed by atoms with E-state index in [-0.39, 0.29) is 0 Å². The van der Waals surface area contributed by atoms with Gasteiger partial charge >= 0.3 is 0 Å². The van der Waals surface area contributed by atoms with Gasteiger partial charge in [-0.15, -0.1) is 0 Å². The lowest BCUT2D eigenvalue weighted by Crippen LogP contribution is -2.22. The molecule has 1 aromatic rings. The van der Waals surface area contributed by atoms with Crippen molar-refractivity contribution in [1.82, 2.24) is 5.32 Å². The topological polar surface area (TPSA) is 30.5 Å². The van der Waals surface area contributed by atoms with E-state index < -0.39 is 0 Å². The third kappa shape index (κ3) is 2.97. The Balaban J connectivity index is 2.31. The van der Waals surface area contributed by atoms with Crippen LogP contribution in [-0.2, 0) is 4.74 Å². The molecule has 0 amide bonds. The van der Waals surface area contributed by atoms with Crippen LogP contribution in [0.5, 0.6) is 5.75 Å². The van der Waals surface area contributed by atoms with Crippen molar-refractivity contribution in [2.24, 2.45) is 0 Å². The summed E-state index contributed by atoms with van der Waals surface area (Å²) in [6, 6.07) is 7.82. The van der Waals surface area contributed by atoms with Gasteiger partial charge in [-0.1, -0.05) is 12.1 Å². The van der Waals surface area contributed by atoms with Crippen LogP contribution in [0.1, 0.15) is 18.9 Å². The van der Waals surface area contributed by atoms with Gasteiger partial charge in [0.1, 0.15) is 11.5 Å². The fraction of sp³-hybridized carbons (Fsp3) is 0.308. The van der Waals surface area contributed by atoms with Crippen LogP contribution in [-0.4, -0.2) is 18.3 Å². The zero-order chi connectivity index (χ0) is 12.1. The zero-order valence-corrected chi connectivity index (χ0v) is 10.5. The second-order valence-electron chi connectivity index (χ2n) is 3.60. The maximum atomic E-state index is 5.59. The molecule has 0 unspecified atom stereocenters. The normalized spacial score (nSPS) is 15.4. The molecule has 0 aromatic heterocycles. The maximum absolute atomic E-state index is 5.59. The lowest BCUT2D eigenvalue weighted by Gasteiger charge is -2.13. The van der Waals surface area contributed by atoms with Crippen LogP contribution in [0.15, 0.2) is 30.3 Å². The molecule has 0 bridgehead atoms. The largest absolute Gasteiger partial charge is 0.493 e. The monoisotopic (exact) mass is 249 g/mol. The zero-order valence-electron chi connectivity index (χ0n) is 9.73. The molecule has 0 aliphatic carbocycles. The lowest BCUT2D eigenvalue weighted by molar-refractivity contribution is 0.337. The van der Waals surface area contributed by atoms with Crippen molar-refractivity contribution >= 4 is 23.2 Å². The number of hydrogen-bond acceptors (Lipinski definition) is 3. The lowest BCUT2D eigenvalue weighted by atomic mass is 10.1. The van der Waals surface area contributed by atoms with Crippen LogP contribution in [0.25, 0.3) is 5.76 Å². The van der Waals surface area contributed by atoms with Gasteiger partial charge in [0.05, 0.1) is 12.2 Å². The minimum absolute atomic E-state index is 0.417. The highest BCUT2D eigenvalue weighted by Gasteiger charge is 2.13. The van der Waals surface area contributed by atoms with Crippen molar-refractivity contribution in [3.8, 4) is 5.75 Å². The Kier molecular flexibility index (Phi) is 3.98. The summed E-state index contributed by atoms with van der Waals surface area (Å²) in [7, 11) is 0. The quantitative estimate of drug-likeness (QED) is 0.834. The molecule has 1 N–H and O–H groups in total. The summed E-state index contributed by atoms with van der Waals surface area (Å²) in [5.74, 6) is 1.59. The highest BCUT2D eigenvalue weighted by atomic mass is 32.1. The Morgan fingerprint density at radius 2 is 2.24 bits per heavy atom. The summed E-state index contributed by atoms with van der Waals surface area (Å²) < 4.78 is 11.2. The second kappa shape index (κ2) is 5.68. The summed E-state index contributed by atoms with van der Waals surface area (Å²) in [5.41, 5.74) is 0.945. The van der Waals surface area contributed by atoms with Crippen LogP contribution < -0.4 is 10.1 Å². The van der Waals surface area contributed by atoms with Crippen molar-refractivity contribution in [2.45, 2.75) is 13.3 Å². The minimum Gasteiger partial charge on any atom is -0.493 e. The molecule has 1 heterocycles. The van der Waals surface area contributed by atoms with Crippen LogP contribution in [0.3, 0.4) is 0 Å². The van der Waals surface area contributed by atoms with Gasteiger partial charge in [-0.25, -0.2) is 0 Å². The molecule has 1 aromatic carbocycles. The van der Waals surface area contributed by atoms with Crippen molar-refractivity contribution in [3.05, 3.63) is 35.9 Å². The average molecular weight is 249 g/mol. The van der Waals surface area contributed by atoms with Gasteiger partial charge in [0.2, 0.25) is 0 Å². The van der Waals surface area contributed by atoms with Gasteiger partial charge in [0.25, 0.3) is 5.17 Å². The molecule has 0 atom stereocenters. The number of nitrogens with one attached hydrogen (secondary N) is 1. The van der Waals surface area contributed by atoms with Crippen molar-refractivity contribution < 1.29 is 9.47 Å². The van der Waals surface area contributed by atoms with Crippen molar-refractivity contribution in [3.63, 3.8) is 0 Å². The third-order valence-corrected chi connectivity index (χ3v) is 2.63. The number of rotatable bonds is 3. The summed E-state index contributed by atoms with van der Waals surface area (Å²) in [4.78, 5) is 0. The van der Waals surface area contributed by atoms with E-state index in [0.29, 0.717) is 11.8 Å². The number of ether oxygens (including phenoxy) is 2. The molecular weight excluding hydrogens is 234 g/mol. The Morgan fingerprint density at radius 3 is 3.06 bits per heavy atom. The molecule has 2 rings (SSSR count). The summed E-state index contributed by atoms with van der Waals surface area (Å²) >= 11 is 5.06. The summed E-state index contributed by atoms with van der Waals surface area (Å²) in [6.07, 6.45) is 2.92. The van der Waals surface area contributed by atoms with Gasteiger partial charge in [-0.05, 0) is 43.8 Å². The Morgan fingerprint density at radius 1 is 1.41 bits per heavy atom. The first-order chi connectivity index (χ1) is 8.31. The van der Waals surface area contributed by atoms with Crippen LogP contribution in [0, 0.1) is 0 Å². The summed E-state index contributed by atoms with van der Waals surface area (Å²) in [6.45, 7) is 3.40. The predicted molar refractivity (Wildman–Crippen MR) is 71.9 cm³/mol. The molecule has 17 heavy (non-hydrogen) atoms. The fourth-order valence-corrected chi connectivity index (χ4v) is 1.86. The SMILES string of the molecule is CCOc1ccccc1C1=CCCNC(=S)O1. The molecule has 3 nitrogen and oxygen atoms in total. The minimum atomic E-state index is 0.417. The predicted octanol–water partition coefficient (Wildman–Crippen LogP) is 2.72. The average Bonchev–Trinajstić information content (AvgIpc) is 2.55. The molecule has 0 spiro atoms. The first kappa shape index (κ1) is 11.9. The van der Waals surface area contributed by atoms with Gasteiger partial charge in [0.15, 0.2) is 0 Å². The van der Waals surface area contributed by atoms with E-state index in [4.69, 9.17) is 21.7 Å². The highest BCUT2D eigenvalue weighted by molar-refractivity contribution is 7.80. The molecule has 1 aliphatic heterocycles. The first-order valence-electron chi connectivity index (χ1n) is 5.69. The maximum Gasteiger partial charge on any atom is 0.262 e. The van der Waals surface area contributed by atoms with Crippen LogP contribution in [0.2, 0.25) is 0 Å². The van der Waals surface area contributed by atoms with Gasteiger partial charge < -0.3 is 14.8 Å². The Hall–Kier alpha value is -1.55. The molecule has 0 saturated carbocycles. The van der Waals surface area contributed by atoms with E-state index in [0.717, 1.165) is 30.0 Å². The first-order valence-corrected chi connectivity index (χ1v) is 6.10. The van der Waals surface area contributed by atoms with Crippen molar-refractivity contribution in [2.75, 3.05) is 13.2 Å². The van der Waals surface area contributed by atoms with E-state index in [1.807, 2.05) is 37.3 Å². The Labute approximate surface area is 106 Å². The molecule has 4 heteroatoms. The highest BCUT2D eigenvalue weighted by Crippen LogP contribution is 2.28. The molecule has 0 saturated heterocycles. The second-order valence-corrected chi connectivity index (χ2v) is 3.97. The van der Waals surface area contributed by atoms with E-state index >= 15 is 0 Å². The Bertz CT molecular complexity index is 443. The van der Waals surface area contributed by atoms with Crippen LogP contribution >= 0.6 is 12.2 Å². The number of hydrogen-bond donors (Lipinski definition) is 1.